The first-order valence-electron chi connectivity index (χ1n) is 8.62. The molecule has 140 valence electrons. The highest BCUT2D eigenvalue weighted by atomic mass is 16.5. The zero-order valence-corrected chi connectivity index (χ0v) is 14.9. The van der Waals surface area contributed by atoms with Crippen molar-refractivity contribution in [2.45, 2.75) is 6.10 Å². The number of amides is 1. The Labute approximate surface area is 161 Å². The number of carboxylic acid groups (broad SMARTS) is 1. The van der Waals surface area contributed by atoms with E-state index in [-0.39, 0.29) is 17.0 Å². The van der Waals surface area contributed by atoms with Gasteiger partial charge in [-0.3, -0.25) is 4.79 Å². The van der Waals surface area contributed by atoms with Gasteiger partial charge in [0.15, 0.2) is 0 Å². The normalized spacial score (nSPS) is 14.1. The van der Waals surface area contributed by atoms with E-state index in [1.807, 2.05) is 30.3 Å². The number of fused-ring (bicyclic) bond motifs is 3. The number of ether oxygens (including phenoxy) is 1. The molecule has 0 heterocycles. The number of carboxylic acids is 1. The number of aromatic carboxylic acids is 1. The molecule has 0 radical (unpaired) electrons. The first kappa shape index (κ1) is 17.8. The topological polar surface area (TPSA) is 98.7 Å². The summed E-state index contributed by atoms with van der Waals surface area (Å²) < 4.78 is 5.00. The van der Waals surface area contributed by atoms with Crippen LogP contribution in [-0.2, 0) is 0 Å². The second-order valence-electron chi connectivity index (χ2n) is 6.41. The highest BCUT2D eigenvalue weighted by Crippen LogP contribution is 2.44. The molecule has 0 bridgehead atoms. The van der Waals surface area contributed by atoms with Gasteiger partial charge in [-0.2, -0.15) is 0 Å². The number of carbonyl (C=O) groups is 2. The minimum absolute atomic E-state index is 0.143. The van der Waals surface area contributed by atoms with Crippen LogP contribution in [0.2, 0.25) is 0 Å². The van der Waals surface area contributed by atoms with Gasteiger partial charge in [0.2, 0.25) is 0 Å². The predicted octanol–water partition coefficient (Wildman–Crippen LogP) is 2.37. The van der Waals surface area contributed by atoms with E-state index in [9.17, 15) is 19.8 Å². The highest BCUT2D eigenvalue weighted by Gasteiger charge is 2.30. The molecule has 28 heavy (non-hydrogen) atoms. The predicted molar refractivity (Wildman–Crippen MR) is 101 cm³/mol. The van der Waals surface area contributed by atoms with E-state index in [1.165, 1.54) is 25.3 Å². The van der Waals surface area contributed by atoms with E-state index in [0.29, 0.717) is 11.1 Å². The van der Waals surface area contributed by atoms with E-state index in [2.05, 4.69) is 5.32 Å². The van der Waals surface area contributed by atoms with Crippen LogP contribution in [0.4, 0.5) is 5.69 Å². The van der Waals surface area contributed by atoms with Gasteiger partial charge in [-0.15, -0.1) is 0 Å². The van der Waals surface area contributed by atoms with Crippen LogP contribution in [0.1, 0.15) is 37.9 Å². The third-order valence-corrected chi connectivity index (χ3v) is 4.85. The van der Waals surface area contributed by atoms with Crippen LogP contribution in [0.25, 0.3) is 11.1 Å². The summed E-state index contributed by atoms with van der Waals surface area (Å²) in [6, 6.07) is 17.0. The number of hydrogen-bond donors (Lipinski definition) is 2. The van der Waals surface area contributed by atoms with Crippen LogP contribution in [0, 0.1) is 0 Å². The molecule has 0 spiro atoms. The van der Waals surface area contributed by atoms with Gasteiger partial charge in [-0.1, -0.05) is 36.4 Å². The molecule has 0 aliphatic heterocycles. The number of aliphatic hydroxyl groups excluding tert-OH is 1. The molecule has 0 aromatic heterocycles. The van der Waals surface area contributed by atoms with Gasteiger partial charge >= 0.3 is 0 Å². The Morgan fingerprint density at radius 3 is 2.50 bits per heavy atom. The maximum atomic E-state index is 12.9. The van der Waals surface area contributed by atoms with Crippen molar-refractivity contribution in [2.24, 2.45) is 0 Å². The Kier molecular flexibility index (Phi) is 4.33. The van der Waals surface area contributed by atoms with Gasteiger partial charge in [0, 0.05) is 22.4 Å². The van der Waals surface area contributed by atoms with Crippen LogP contribution in [-0.4, -0.2) is 24.1 Å². The number of aliphatic hydroxyl groups is 1. The van der Waals surface area contributed by atoms with Crippen molar-refractivity contribution in [3.63, 3.8) is 0 Å². The second-order valence-corrected chi connectivity index (χ2v) is 6.41. The maximum Gasteiger partial charge on any atom is 0.256 e. The summed E-state index contributed by atoms with van der Waals surface area (Å²) in [7, 11) is 1.35. The monoisotopic (exact) mass is 374 g/mol. The Hall–Kier alpha value is -3.64. The van der Waals surface area contributed by atoms with Crippen molar-refractivity contribution in [1.29, 1.82) is 0 Å². The standard InChI is InChI=1S/C22H17NO5/c1-28-18-10-9-12(11-17(18)22(26)27)23-21(25)16-8-4-7-14-13-5-2-3-6-15(13)20(24)19(14)16/h2-11,20,24H,1H3,(H,23,25)(H,26,27)/p-1. The largest absolute Gasteiger partial charge is 0.545 e. The molecule has 2 N–H and O–H groups in total. The van der Waals surface area contributed by atoms with Crippen LogP contribution in [0.15, 0.2) is 60.7 Å². The maximum absolute atomic E-state index is 12.9. The molecule has 3 aromatic carbocycles. The summed E-state index contributed by atoms with van der Waals surface area (Å²) in [5.41, 5.74) is 3.44. The van der Waals surface area contributed by atoms with Gasteiger partial charge in [-0.05, 0) is 41.0 Å². The van der Waals surface area contributed by atoms with E-state index >= 15 is 0 Å². The molecular weight excluding hydrogens is 358 g/mol. The van der Waals surface area contributed by atoms with Crippen LogP contribution in [0.3, 0.4) is 0 Å². The number of hydrogen-bond acceptors (Lipinski definition) is 5. The summed E-state index contributed by atoms with van der Waals surface area (Å²) in [4.78, 5) is 24.2. The first-order chi connectivity index (χ1) is 13.5. The number of rotatable bonds is 4. The molecule has 0 saturated carbocycles. The van der Waals surface area contributed by atoms with Gasteiger partial charge in [0.1, 0.15) is 11.9 Å². The summed E-state index contributed by atoms with van der Waals surface area (Å²) in [6.07, 6.45) is -0.900. The molecule has 3 aromatic rings. The summed E-state index contributed by atoms with van der Waals surface area (Å²) in [5.74, 6) is -1.71. The number of anilines is 1. The lowest BCUT2D eigenvalue weighted by atomic mass is 9.99. The smallest absolute Gasteiger partial charge is 0.256 e. The summed E-state index contributed by atoms with van der Waals surface area (Å²) in [5, 5.41) is 24.7. The molecule has 1 atom stereocenters. The molecule has 6 heteroatoms. The fourth-order valence-electron chi connectivity index (χ4n) is 3.57. The van der Waals surface area contributed by atoms with Crippen molar-refractivity contribution in [1.82, 2.24) is 0 Å². The second kappa shape index (κ2) is 6.83. The van der Waals surface area contributed by atoms with Gasteiger partial charge in [0.25, 0.3) is 5.91 Å². The molecule has 1 amide bonds. The summed E-state index contributed by atoms with van der Waals surface area (Å²) >= 11 is 0. The van der Waals surface area contributed by atoms with Crippen molar-refractivity contribution in [2.75, 3.05) is 12.4 Å². The van der Waals surface area contributed by atoms with Crippen molar-refractivity contribution in [3.05, 3.63) is 82.9 Å². The molecule has 1 unspecified atom stereocenters. The van der Waals surface area contributed by atoms with E-state index in [0.717, 1.165) is 16.7 Å². The molecule has 1 aliphatic carbocycles. The van der Waals surface area contributed by atoms with Crippen molar-refractivity contribution >= 4 is 17.6 Å². The average molecular weight is 374 g/mol. The van der Waals surface area contributed by atoms with E-state index in [1.54, 1.807) is 12.1 Å². The Morgan fingerprint density at radius 1 is 1.00 bits per heavy atom. The van der Waals surface area contributed by atoms with Gasteiger partial charge in [-0.25, -0.2) is 0 Å². The molecule has 6 nitrogen and oxygen atoms in total. The lowest BCUT2D eigenvalue weighted by Crippen LogP contribution is -2.23. The Bertz CT molecular complexity index is 1110. The fraction of sp³-hybridized carbons (Fsp3) is 0.0909. The first-order valence-corrected chi connectivity index (χ1v) is 8.62. The van der Waals surface area contributed by atoms with Crippen LogP contribution >= 0.6 is 0 Å². The van der Waals surface area contributed by atoms with Crippen LogP contribution in [0.5, 0.6) is 5.75 Å². The third-order valence-electron chi connectivity index (χ3n) is 4.85. The Morgan fingerprint density at radius 2 is 1.75 bits per heavy atom. The molecule has 4 rings (SSSR count). The Balaban J connectivity index is 1.70. The van der Waals surface area contributed by atoms with Gasteiger partial charge < -0.3 is 25.1 Å². The molecule has 1 aliphatic rings. The molecular formula is C22H16NO5-. The summed E-state index contributed by atoms with van der Waals surface area (Å²) in [6.45, 7) is 0. The zero-order valence-electron chi connectivity index (χ0n) is 14.9. The average Bonchev–Trinajstić information content (AvgIpc) is 3.01. The number of nitrogens with one attached hydrogen (secondary N) is 1. The van der Waals surface area contributed by atoms with E-state index < -0.39 is 18.0 Å². The minimum atomic E-state index is -1.40. The minimum Gasteiger partial charge on any atom is -0.545 e. The molecule has 0 saturated heterocycles. The lowest BCUT2D eigenvalue weighted by molar-refractivity contribution is -0.255. The van der Waals surface area contributed by atoms with Crippen molar-refractivity contribution < 1.29 is 24.5 Å². The van der Waals surface area contributed by atoms with Crippen LogP contribution < -0.4 is 15.2 Å². The number of methoxy groups -OCH3 is 1. The SMILES string of the molecule is COc1ccc(NC(=O)c2cccc3c2C(O)c2ccccc2-3)cc1C(=O)[O-]. The highest BCUT2D eigenvalue weighted by molar-refractivity contribution is 6.07. The van der Waals surface area contributed by atoms with E-state index in [4.69, 9.17) is 4.74 Å². The number of carbonyl (C=O) groups excluding carboxylic acids is 2. The number of benzene rings is 3. The zero-order chi connectivity index (χ0) is 19.8. The van der Waals surface area contributed by atoms with Gasteiger partial charge in [0.05, 0.1) is 13.1 Å². The third kappa shape index (κ3) is 2.80. The van der Waals surface area contributed by atoms with Crippen molar-refractivity contribution in [3.8, 4) is 16.9 Å². The lowest BCUT2D eigenvalue weighted by Gasteiger charge is -2.14. The fourth-order valence-corrected chi connectivity index (χ4v) is 3.57. The molecule has 0 fully saturated rings. The quantitative estimate of drug-likeness (QED) is 0.731.